The van der Waals surface area contributed by atoms with Crippen LogP contribution in [0.5, 0.6) is 0 Å². The zero-order chi connectivity index (χ0) is 17.8. The summed E-state index contributed by atoms with van der Waals surface area (Å²) >= 11 is 0. The Kier molecular flexibility index (Phi) is 4.07. The molecule has 1 aromatic rings. The number of hydrogen-bond acceptors (Lipinski definition) is 1. The first-order valence-electron chi connectivity index (χ1n) is 11.2. The van der Waals surface area contributed by atoms with E-state index in [2.05, 4.69) is 43.2 Å². The molecule has 0 saturated heterocycles. The second-order valence-corrected chi connectivity index (χ2v) is 10.3. The van der Waals surface area contributed by atoms with Crippen molar-refractivity contribution in [2.75, 3.05) is 0 Å². The van der Waals surface area contributed by atoms with Gasteiger partial charge in [0, 0.05) is 12.4 Å². The highest BCUT2D eigenvalue weighted by molar-refractivity contribution is 5.72. The Bertz CT molecular complexity index is 691. The predicted molar refractivity (Wildman–Crippen MR) is 109 cm³/mol. The molecule has 3 saturated carbocycles. The summed E-state index contributed by atoms with van der Waals surface area (Å²) in [6, 6.07) is 4.39. The van der Waals surface area contributed by atoms with Crippen LogP contribution in [-0.4, -0.2) is 4.98 Å². The third-order valence-corrected chi connectivity index (χ3v) is 9.39. The van der Waals surface area contributed by atoms with Crippen molar-refractivity contribution in [2.24, 2.45) is 34.5 Å². The summed E-state index contributed by atoms with van der Waals surface area (Å²) in [5.41, 5.74) is 4.02. The smallest absolute Gasteiger partial charge is 0.0343 e. The summed E-state index contributed by atoms with van der Waals surface area (Å²) in [4.78, 5) is 4.41. The lowest BCUT2D eigenvalue weighted by Crippen LogP contribution is -2.51. The molecule has 0 aromatic carbocycles. The van der Waals surface area contributed by atoms with Gasteiger partial charge in [-0.25, -0.2) is 0 Å². The fourth-order valence-corrected chi connectivity index (χ4v) is 8.01. The molecule has 0 aliphatic heterocycles. The SMILES string of the molecule is C[C@]12CCC3[C@@H](CC[C@H]4CCCCC[C@]34C)[C@@H]1CC=C2c1cccnc1. The van der Waals surface area contributed by atoms with Crippen LogP contribution in [0.2, 0.25) is 0 Å². The molecule has 4 aliphatic carbocycles. The van der Waals surface area contributed by atoms with Crippen molar-refractivity contribution in [3.63, 3.8) is 0 Å². The molecule has 1 nitrogen and oxygen atoms in total. The van der Waals surface area contributed by atoms with Crippen LogP contribution in [0, 0.1) is 34.5 Å². The van der Waals surface area contributed by atoms with Crippen LogP contribution in [0.4, 0.5) is 0 Å². The van der Waals surface area contributed by atoms with E-state index >= 15 is 0 Å². The lowest BCUT2D eigenvalue weighted by atomic mass is 9.46. The van der Waals surface area contributed by atoms with Crippen LogP contribution in [0.25, 0.3) is 5.57 Å². The number of pyridine rings is 1. The van der Waals surface area contributed by atoms with Crippen LogP contribution in [0.1, 0.15) is 83.6 Å². The topological polar surface area (TPSA) is 12.9 Å². The monoisotopic (exact) mass is 349 g/mol. The zero-order valence-corrected chi connectivity index (χ0v) is 16.7. The third-order valence-electron chi connectivity index (χ3n) is 9.39. The highest BCUT2D eigenvalue weighted by Crippen LogP contribution is 2.67. The largest absolute Gasteiger partial charge is 0.264 e. The van der Waals surface area contributed by atoms with Gasteiger partial charge in [-0.3, -0.25) is 4.98 Å². The molecule has 26 heavy (non-hydrogen) atoms. The van der Waals surface area contributed by atoms with Gasteiger partial charge in [-0.1, -0.05) is 45.3 Å². The summed E-state index contributed by atoms with van der Waals surface area (Å²) in [6.07, 6.45) is 21.2. The number of aromatic nitrogens is 1. The van der Waals surface area contributed by atoms with Crippen molar-refractivity contribution in [1.82, 2.24) is 4.98 Å². The number of rotatable bonds is 1. The molecule has 6 atom stereocenters. The minimum Gasteiger partial charge on any atom is -0.264 e. The minimum absolute atomic E-state index is 0.387. The number of fused-ring (bicyclic) bond motifs is 5. The van der Waals surface area contributed by atoms with Crippen LogP contribution in [0.15, 0.2) is 30.6 Å². The van der Waals surface area contributed by atoms with Crippen LogP contribution >= 0.6 is 0 Å². The summed E-state index contributed by atoms with van der Waals surface area (Å²) in [5.74, 6) is 3.83. The molecule has 0 N–H and O–H groups in total. The van der Waals surface area contributed by atoms with Crippen molar-refractivity contribution < 1.29 is 0 Å². The van der Waals surface area contributed by atoms with Crippen LogP contribution < -0.4 is 0 Å². The molecule has 5 rings (SSSR count). The van der Waals surface area contributed by atoms with E-state index in [9.17, 15) is 0 Å². The molecule has 1 aromatic heterocycles. The molecule has 1 heterocycles. The second kappa shape index (κ2) is 6.21. The van der Waals surface area contributed by atoms with E-state index in [0.29, 0.717) is 10.8 Å². The van der Waals surface area contributed by atoms with E-state index in [1.54, 1.807) is 5.57 Å². The maximum Gasteiger partial charge on any atom is 0.0343 e. The first-order chi connectivity index (χ1) is 12.6. The van der Waals surface area contributed by atoms with Gasteiger partial charge in [-0.15, -0.1) is 0 Å². The first kappa shape index (κ1) is 17.0. The van der Waals surface area contributed by atoms with Gasteiger partial charge in [-0.2, -0.15) is 0 Å². The summed E-state index contributed by atoms with van der Waals surface area (Å²) in [5, 5.41) is 0. The van der Waals surface area contributed by atoms with Crippen LogP contribution in [-0.2, 0) is 0 Å². The van der Waals surface area contributed by atoms with E-state index < -0.39 is 0 Å². The van der Waals surface area contributed by atoms with Gasteiger partial charge < -0.3 is 0 Å². The Balaban J connectivity index is 1.45. The molecule has 0 radical (unpaired) electrons. The quantitative estimate of drug-likeness (QED) is 0.537. The number of hydrogen-bond donors (Lipinski definition) is 0. The normalized spacial score (nSPS) is 45.1. The summed E-state index contributed by atoms with van der Waals surface area (Å²) < 4.78 is 0. The highest BCUT2D eigenvalue weighted by Gasteiger charge is 2.57. The Labute approximate surface area is 159 Å². The lowest BCUT2D eigenvalue weighted by molar-refractivity contribution is -0.0808. The lowest BCUT2D eigenvalue weighted by Gasteiger charge is -2.59. The van der Waals surface area contributed by atoms with Crippen molar-refractivity contribution >= 4 is 5.57 Å². The molecule has 0 bridgehead atoms. The molecular formula is C25H35N. The van der Waals surface area contributed by atoms with Gasteiger partial charge in [0.2, 0.25) is 0 Å². The Hall–Kier alpha value is -1.11. The highest BCUT2D eigenvalue weighted by atomic mass is 14.6. The van der Waals surface area contributed by atoms with Gasteiger partial charge in [0.05, 0.1) is 0 Å². The van der Waals surface area contributed by atoms with Gasteiger partial charge in [0.1, 0.15) is 0 Å². The molecule has 3 fully saturated rings. The van der Waals surface area contributed by atoms with Crippen molar-refractivity contribution in [1.29, 1.82) is 0 Å². The summed E-state index contributed by atoms with van der Waals surface area (Å²) in [6.45, 7) is 5.29. The fourth-order valence-electron chi connectivity index (χ4n) is 8.01. The molecule has 0 amide bonds. The predicted octanol–water partition coefficient (Wildman–Crippen LogP) is 6.90. The molecule has 0 spiro atoms. The fraction of sp³-hybridized carbons (Fsp3) is 0.720. The van der Waals surface area contributed by atoms with Gasteiger partial charge in [-0.05, 0) is 96.7 Å². The average molecular weight is 350 g/mol. The van der Waals surface area contributed by atoms with E-state index in [0.717, 1.165) is 23.7 Å². The number of allylic oxidation sites excluding steroid dienone is 2. The zero-order valence-electron chi connectivity index (χ0n) is 16.7. The average Bonchev–Trinajstić information content (AvgIpc) is 2.88. The Morgan fingerprint density at radius 1 is 0.962 bits per heavy atom. The number of nitrogens with zero attached hydrogens (tertiary/aromatic N) is 1. The molecule has 1 heteroatoms. The maximum atomic E-state index is 4.41. The summed E-state index contributed by atoms with van der Waals surface area (Å²) in [7, 11) is 0. The molecule has 140 valence electrons. The van der Waals surface area contributed by atoms with Crippen molar-refractivity contribution in [3.05, 3.63) is 36.2 Å². The standard InChI is InChI=1S/C25H35N/c1-24-14-5-3-4-8-19(24)9-10-20-22-12-11-21(18-7-6-16-26-17-18)25(22,2)15-13-23(20)24/h6-7,11,16-17,19-20,22-23H,3-5,8-10,12-15H2,1-2H3/t19-,20+,22+,23?,24+,25-/m1/s1. The van der Waals surface area contributed by atoms with Crippen molar-refractivity contribution in [2.45, 2.75) is 78.1 Å². The molecular weight excluding hydrogens is 314 g/mol. The maximum absolute atomic E-state index is 4.41. The first-order valence-corrected chi connectivity index (χ1v) is 11.2. The second-order valence-electron chi connectivity index (χ2n) is 10.3. The molecule has 1 unspecified atom stereocenters. The third kappa shape index (κ3) is 2.38. The molecule has 4 aliphatic rings. The van der Waals surface area contributed by atoms with E-state index in [-0.39, 0.29) is 0 Å². The van der Waals surface area contributed by atoms with Gasteiger partial charge >= 0.3 is 0 Å². The Morgan fingerprint density at radius 2 is 1.88 bits per heavy atom. The van der Waals surface area contributed by atoms with Crippen LogP contribution in [0.3, 0.4) is 0 Å². The minimum atomic E-state index is 0.387. The van der Waals surface area contributed by atoms with Gasteiger partial charge in [0.15, 0.2) is 0 Å². The van der Waals surface area contributed by atoms with E-state index in [1.807, 2.05) is 6.20 Å². The van der Waals surface area contributed by atoms with E-state index in [4.69, 9.17) is 0 Å². The Morgan fingerprint density at radius 3 is 2.73 bits per heavy atom. The van der Waals surface area contributed by atoms with E-state index in [1.165, 1.54) is 69.8 Å². The van der Waals surface area contributed by atoms with Gasteiger partial charge in [0.25, 0.3) is 0 Å². The van der Waals surface area contributed by atoms with Crippen molar-refractivity contribution in [3.8, 4) is 0 Å².